The molecule has 47 heavy (non-hydrogen) atoms. The standard InChI is InChI=1S/C29H39N3O7.C5H7NO2/c33-28(34)8-14-36-16-18-38-19-17-37-15-13-31-9-11-32(12-10-31)21-23-4-6-24(7-5-23)22-39-27-3-1-2-25-26(27)20-30-29(25)35;7-4-2-1-3-5(8)6-4/h1-7H,8-22H2,(H,30,35)(H,33,34);1-3H2,(H,6,7,8). The van der Waals surface area contributed by atoms with Gasteiger partial charge in [-0.2, -0.15) is 0 Å². The van der Waals surface area contributed by atoms with Crippen LogP contribution in [-0.4, -0.2) is 111 Å². The number of ether oxygens (including phenoxy) is 4. The lowest BCUT2D eigenvalue weighted by Crippen LogP contribution is -2.46. The smallest absolute Gasteiger partial charge is 0.305 e. The van der Waals surface area contributed by atoms with Gasteiger partial charge in [0.1, 0.15) is 12.4 Å². The molecule has 0 unspecified atom stereocenters. The monoisotopic (exact) mass is 654 g/mol. The Hall–Kier alpha value is -3.88. The number of carboxylic acids is 1. The van der Waals surface area contributed by atoms with Gasteiger partial charge < -0.3 is 29.4 Å². The number of benzene rings is 2. The van der Waals surface area contributed by atoms with E-state index < -0.39 is 5.97 Å². The quantitative estimate of drug-likeness (QED) is 0.169. The number of fused-ring (bicyclic) bond motifs is 1. The summed E-state index contributed by atoms with van der Waals surface area (Å²) >= 11 is 0. The average molecular weight is 655 g/mol. The largest absolute Gasteiger partial charge is 0.489 e. The lowest BCUT2D eigenvalue weighted by molar-refractivity contribution is -0.138. The number of nitrogens with zero attached hydrogens (tertiary/aromatic N) is 2. The number of imide groups is 1. The number of piperidine rings is 1. The SMILES string of the molecule is O=C(O)CCOCCOCCOCCN1CCN(Cc2ccc(COc3cccc4c3CNC4=O)cc2)CC1.O=C1CCCC(=O)N1. The van der Waals surface area contributed by atoms with Gasteiger partial charge >= 0.3 is 5.97 Å². The molecule has 5 rings (SSSR count). The van der Waals surface area contributed by atoms with Crippen molar-refractivity contribution in [1.82, 2.24) is 20.4 Å². The van der Waals surface area contributed by atoms with E-state index in [0.717, 1.165) is 56.1 Å². The fraction of sp³-hybridized carbons (Fsp3) is 0.529. The van der Waals surface area contributed by atoms with Crippen LogP contribution in [0.5, 0.6) is 5.75 Å². The third-order valence-electron chi connectivity index (χ3n) is 7.93. The fourth-order valence-corrected chi connectivity index (χ4v) is 5.28. The molecule has 0 aromatic heterocycles. The predicted molar refractivity (Wildman–Crippen MR) is 172 cm³/mol. The number of hydrogen-bond donors (Lipinski definition) is 3. The molecule has 3 aliphatic heterocycles. The average Bonchev–Trinajstić information content (AvgIpc) is 3.45. The number of carbonyl (C=O) groups excluding carboxylic acids is 3. The molecule has 2 aromatic carbocycles. The lowest BCUT2D eigenvalue weighted by Gasteiger charge is -2.34. The maximum absolute atomic E-state index is 11.8. The molecule has 2 fully saturated rings. The molecule has 13 heteroatoms. The Morgan fingerprint density at radius 2 is 1.38 bits per heavy atom. The summed E-state index contributed by atoms with van der Waals surface area (Å²) in [4.78, 5) is 47.8. The Morgan fingerprint density at radius 3 is 2.02 bits per heavy atom. The van der Waals surface area contributed by atoms with Crippen molar-refractivity contribution in [3.05, 3.63) is 64.7 Å². The van der Waals surface area contributed by atoms with E-state index in [2.05, 4.69) is 44.7 Å². The van der Waals surface area contributed by atoms with Crippen molar-refractivity contribution in [2.45, 2.75) is 45.4 Å². The van der Waals surface area contributed by atoms with Gasteiger partial charge in [0.15, 0.2) is 0 Å². The Morgan fingerprint density at radius 1 is 0.766 bits per heavy atom. The van der Waals surface area contributed by atoms with Crippen LogP contribution in [0.3, 0.4) is 0 Å². The molecule has 0 aliphatic carbocycles. The van der Waals surface area contributed by atoms with Gasteiger partial charge in [-0.25, -0.2) is 0 Å². The summed E-state index contributed by atoms with van der Waals surface area (Å²) < 4.78 is 22.3. The summed E-state index contributed by atoms with van der Waals surface area (Å²) in [6.45, 7) is 9.74. The first-order chi connectivity index (χ1) is 22.9. The van der Waals surface area contributed by atoms with Crippen LogP contribution in [0.1, 0.15) is 52.7 Å². The number of amides is 3. The molecular weight excluding hydrogens is 608 g/mol. The molecule has 0 spiro atoms. The van der Waals surface area contributed by atoms with Crippen LogP contribution in [0.15, 0.2) is 42.5 Å². The molecule has 256 valence electrons. The van der Waals surface area contributed by atoms with Crippen molar-refractivity contribution in [3.8, 4) is 5.75 Å². The van der Waals surface area contributed by atoms with Gasteiger partial charge in [0.25, 0.3) is 5.91 Å². The van der Waals surface area contributed by atoms with Gasteiger partial charge in [0.2, 0.25) is 11.8 Å². The van der Waals surface area contributed by atoms with Crippen molar-refractivity contribution < 1.29 is 43.2 Å². The number of hydrogen-bond acceptors (Lipinski definition) is 10. The van der Waals surface area contributed by atoms with Gasteiger partial charge in [-0.15, -0.1) is 0 Å². The van der Waals surface area contributed by atoms with Crippen LogP contribution in [0.4, 0.5) is 0 Å². The van der Waals surface area contributed by atoms with Gasteiger partial charge in [0.05, 0.1) is 46.1 Å². The summed E-state index contributed by atoms with van der Waals surface area (Å²) in [6.07, 6.45) is 1.74. The first kappa shape index (κ1) is 36.0. The fourth-order valence-electron chi connectivity index (χ4n) is 5.28. The van der Waals surface area contributed by atoms with E-state index in [1.54, 1.807) is 0 Å². The van der Waals surface area contributed by atoms with Gasteiger partial charge in [-0.05, 0) is 29.7 Å². The van der Waals surface area contributed by atoms with E-state index in [9.17, 15) is 19.2 Å². The minimum Gasteiger partial charge on any atom is -0.489 e. The highest BCUT2D eigenvalue weighted by Gasteiger charge is 2.22. The Kier molecular flexibility index (Phi) is 15.1. The van der Waals surface area contributed by atoms with Crippen LogP contribution >= 0.6 is 0 Å². The van der Waals surface area contributed by atoms with Crippen LogP contribution in [0.2, 0.25) is 0 Å². The summed E-state index contributed by atoms with van der Waals surface area (Å²) in [7, 11) is 0. The van der Waals surface area contributed by atoms with E-state index >= 15 is 0 Å². The molecule has 3 heterocycles. The topological polar surface area (TPSA) is 156 Å². The molecule has 0 saturated carbocycles. The molecular formula is C34H46N4O9. The first-order valence-electron chi connectivity index (χ1n) is 16.2. The van der Waals surface area contributed by atoms with Crippen molar-refractivity contribution >= 4 is 23.7 Å². The summed E-state index contributed by atoms with van der Waals surface area (Å²) in [5.74, 6) is -0.401. The molecule has 3 aliphatic rings. The van der Waals surface area contributed by atoms with Gasteiger partial charge in [-0.3, -0.25) is 34.3 Å². The lowest BCUT2D eigenvalue weighted by atomic mass is 10.1. The highest BCUT2D eigenvalue weighted by molar-refractivity contribution is 5.99. The third kappa shape index (κ3) is 13.0. The Balaban J connectivity index is 0.000000546. The summed E-state index contributed by atoms with van der Waals surface area (Å²) in [5.41, 5.74) is 4.04. The van der Waals surface area contributed by atoms with Crippen LogP contribution < -0.4 is 15.4 Å². The van der Waals surface area contributed by atoms with Crippen LogP contribution in [0.25, 0.3) is 0 Å². The summed E-state index contributed by atoms with van der Waals surface area (Å²) in [5, 5.41) is 13.6. The number of nitrogens with one attached hydrogen (secondary N) is 2. The van der Waals surface area contributed by atoms with E-state index in [4.69, 9.17) is 24.1 Å². The zero-order valence-electron chi connectivity index (χ0n) is 26.9. The number of rotatable bonds is 17. The molecule has 3 N–H and O–H groups in total. The number of carboxylic acid groups (broad SMARTS) is 1. The van der Waals surface area contributed by atoms with Crippen molar-refractivity contribution in [2.24, 2.45) is 0 Å². The second-order valence-corrected chi connectivity index (χ2v) is 11.5. The van der Waals surface area contributed by atoms with Gasteiger partial charge in [-0.1, -0.05) is 30.3 Å². The molecule has 0 atom stereocenters. The number of carbonyl (C=O) groups is 4. The normalized spacial score (nSPS) is 16.6. The van der Waals surface area contributed by atoms with Crippen molar-refractivity contribution in [3.63, 3.8) is 0 Å². The van der Waals surface area contributed by atoms with Crippen LogP contribution in [-0.2, 0) is 48.3 Å². The number of aliphatic carboxylic acids is 1. The minimum atomic E-state index is -0.857. The van der Waals surface area contributed by atoms with Crippen molar-refractivity contribution in [2.75, 3.05) is 72.4 Å². The molecule has 2 aromatic rings. The second kappa shape index (κ2) is 19.7. The minimum absolute atomic E-state index is 0.0155. The Labute approximate surface area is 275 Å². The predicted octanol–water partition coefficient (Wildman–Crippen LogP) is 1.96. The second-order valence-electron chi connectivity index (χ2n) is 11.5. The van der Waals surface area contributed by atoms with Gasteiger partial charge in [0, 0.05) is 69.8 Å². The van der Waals surface area contributed by atoms with Crippen molar-refractivity contribution in [1.29, 1.82) is 0 Å². The molecule has 0 bridgehead atoms. The van der Waals surface area contributed by atoms with E-state index in [0.29, 0.717) is 71.0 Å². The molecule has 3 amide bonds. The highest BCUT2D eigenvalue weighted by atomic mass is 16.5. The van der Waals surface area contributed by atoms with E-state index in [-0.39, 0.29) is 30.7 Å². The molecule has 13 nitrogen and oxygen atoms in total. The first-order valence-corrected chi connectivity index (χ1v) is 16.2. The maximum Gasteiger partial charge on any atom is 0.305 e. The third-order valence-corrected chi connectivity index (χ3v) is 7.93. The molecule has 0 radical (unpaired) electrons. The Bertz CT molecular complexity index is 1300. The van der Waals surface area contributed by atoms with E-state index in [1.165, 1.54) is 5.56 Å². The maximum atomic E-state index is 11.8. The summed E-state index contributed by atoms with van der Waals surface area (Å²) in [6, 6.07) is 14.2. The number of piperazine rings is 1. The zero-order chi connectivity index (χ0) is 33.3. The highest BCUT2D eigenvalue weighted by Crippen LogP contribution is 2.27. The zero-order valence-corrected chi connectivity index (χ0v) is 26.9. The van der Waals surface area contributed by atoms with E-state index in [1.807, 2.05) is 18.2 Å². The molecule has 2 saturated heterocycles. The van der Waals surface area contributed by atoms with Crippen LogP contribution in [0, 0.1) is 0 Å².